The van der Waals surface area contributed by atoms with Crippen LogP contribution in [0.4, 0.5) is 16.2 Å². The first-order valence-corrected chi connectivity index (χ1v) is 7.17. The number of anilines is 2. The molecular formula is C16H18ClN3O2. The first kappa shape index (κ1) is 16.0. The number of ether oxygens (including phenoxy) is 1. The number of hydrogen-bond acceptors (Lipinski definition) is 3. The van der Waals surface area contributed by atoms with Crippen LogP contribution < -0.4 is 21.1 Å². The fourth-order valence-corrected chi connectivity index (χ4v) is 2.01. The van der Waals surface area contributed by atoms with Gasteiger partial charge in [-0.15, -0.1) is 0 Å². The molecule has 1 atom stereocenters. The second-order valence-corrected chi connectivity index (χ2v) is 5.34. The van der Waals surface area contributed by atoms with Gasteiger partial charge in [0.2, 0.25) is 0 Å². The Labute approximate surface area is 134 Å². The van der Waals surface area contributed by atoms with Crippen molar-refractivity contribution in [3.05, 3.63) is 53.1 Å². The highest BCUT2D eigenvalue weighted by molar-refractivity contribution is 6.30. The molecular weight excluding hydrogens is 302 g/mol. The van der Waals surface area contributed by atoms with E-state index < -0.39 is 12.3 Å². The number of hydrogen-bond donors (Lipinski definition) is 3. The minimum absolute atomic E-state index is 0.392. The summed E-state index contributed by atoms with van der Waals surface area (Å²) in [4.78, 5) is 11.9. The molecule has 0 bridgehead atoms. The van der Waals surface area contributed by atoms with Crippen LogP contribution in [0.1, 0.15) is 12.5 Å². The monoisotopic (exact) mass is 319 g/mol. The molecule has 0 heterocycles. The molecule has 4 N–H and O–H groups in total. The average molecular weight is 320 g/mol. The number of rotatable bonds is 4. The quantitative estimate of drug-likeness (QED) is 0.593. The Morgan fingerprint density at radius 2 is 1.91 bits per heavy atom. The molecule has 0 saturated carbocycles. The zero-order chi connectivity index (χ0) is 16.1. The molecule has 2 amide bonds. The van der Waals surface area contributed by atoms with E-state index in [-0.39, 0.29) is 0 Å². The van der Waals surface area contributed by atoms with Crippen molar-refractivity contribution in [1.82, 2.24) is 5.32 Å². The highest BCUT2D eigenvalue weighted by Crippen LogP contribution is 2.19. The van der Waals surface area contributed by atoms with Crippen LogP contribution in [0.25, 0.3) is 0 Å². The van der Waals surface area contributed by atoms with Gasteiger partial charge in [0.1, 0.15) is 5.75 Å². The molecule has 6 heteroatoms. The summed E-state index contributed by atoms with van der Waals surface area (Å²) >= 11 is 5.80. The third-order valence-electron chi connectivity index (χ3n) is 2.92. The summed E-state index contributed by atoms with van der Waals surface area (Å²) in [5.74, 6) is 0.618. The maximum Gasteiger partial charge on any atom is 0.322 e. The number of nitrogen functional groups attached to an aromatic ring is 1. The maximum atomic E-state index is 11.9. The number of halogens is 1. The van der Waals surface area contributed by atoms with Crippen molar-refractivity contribution in [1.29, 1.82) is 0 Å². The lowest BCUT2D eigenvalue weighted by Gasteiger charge is -2.17. The molecule has 5 nitrogen and oxygen atoms in total. The second-order valence-electron chi connectivity index (χ2n) is 4.90. The van der Waals surface area contributed by atoms with E-state index in [0.29, 0.717) is 22.1 Å². The lowest BCUT2D eigenvalue weighted by atomic mass is 10.2. The molecule has 2 aromatic carbocycles. The number of amides is 2. The van der Waals surface area contributed by atoms with Crippen molar-refractivity contribution in [2.24, 2.45) is 0 Å². The minimum Gasteiger partial charge on any atom is -0.471 e. The van der Waals surface area contributed by atoms with E-state index in [1.54, 1.807) is 43.3 Å². The molecule has 1 unspecified atom stereocenters. The van der Waals surface area contributed by atoms with E-state index in [0.717, 1.165) is 5.56 Å². The summed E-state index contributed by atoms with van der Waals surface area (Å²) < 4.78 is 5.57. The van der Waals surface area contributed by atoms with Crippen molar-refractivity contribution in [3.8, 4) is 5.75 Å². The molecule has 0 radical (unpaired) electrons. The van der Waals surface area contributed by atoms with Crippen molar-refractivity contribution < 1.29 is 9.53 Å². The molecule has 0 aliphatic rings. The SMILES string of the molecule is Cc1ccc(NC(=O)NC(C)Oc2ccc(Cl)cc2)c(N)c1. The predicted molar refractivity (Wildman–Crippen MR) is 89.3 cm³/mol. The summed E-state index contributed by atoms with van der Waals surface area (Å²) in [5.41, 5.74) is 7.95. The Morgan fingerprint density at radius 3 is 2.55 bits per heavy atom. The Kier molecular flexibility index (Phi) is 5.12. The minimum atomic E-state index is -0.507. The fourth-order valence-electron chi connectivity index (χ4n) is 1.89. The fraction of sp³-hybridized carbons (Fsp3) is 0.188. The Bertz CT molecular complexity index is 659. The molecule has 22 heavy (non-hydrogen) atoms. The van der Waals surface area contributed by atoms with Crippen LogP contribution in [0.2, 0.25) is 5.02 Å². The summed E-state index contributed by atoms with van der Waals surface area (Å²) in [6.45, 7) is 3.66. The van der Waals surface area contributed by atoms with Gasteiger partial charge in [0.15, 0.2) is 6.23 Å². The first-order valence-electron chi connectivity index (χ1n) is 6.80. The molecule has 116 valence electrons. The molecule has 2 rings (SSSR count). The number of aryl methyl sites for hydroxylation is 1. The van der Waals surface area contributed by atoms with Crippen LogP contribution in [-0.2, 0) is 0 Å². The summed E-state index contributed by atoms with van der Waals surface area (Å²) in [6.07, 6.45) is -0.507. The highest BCUT2D eigenvalue weighted by Gasteiger charge is 2.10. The van der Waals surface area contributed by atoms with E-state index in [1.807, 2.05) is 13.0 Å². The molecule has 0 fully saturated rings. The van der Waals surface area contributed by atoms with Gasteiger partial charge < -0.3 is 21.1 Å². The number of carbonyl (C=O) groups excluding carboxylic acids is 1. The molecule has 0 aliphatic carbocycles. The van der Waals surface area contributed by atoms with Gasteiger partial charge in [-0.05, 0) is 55.8 Å². The standard InChI is InChI=1S/C16H18ClN3O2/c1-10-3-8-15(14(18)9-10)20-16(21)19-11(2)22-13-6-4-12(17)5-7-13/h3-9,11H,18H2,1-2H3,(H2,19,20,21). The molecule has 2 aromatic rings. The zero-order valence-corrected chi connectivity index (χ0v) is 13.1. The van der Waals surface area contributed by atoms with Crippen LogP contribution in [0.5, 0.6) is 5.75 Å². The number of urea groups is 1. The van der Waals surface area contributed by atoms with Gasteiger partial charge in [0, 0.05) is 5.02 Å². The van der Waals surface area contributed by atoms with Crippen LogP contribution in [0.15, 0.2) is 42.5 Å². The Balaban J connectivity index is 1.89. The predicted octanol–water partition coefficient (Wildman–Crippen LogP) is 3.78. The molecule has 0 aliphatic heterocycles. The number of benzene rings is 2. The number of nitrogens with one attached hydrogen (secondary N) is 2. The Hall–Kier alpha value is -2.40. The van der Waals surface area contributed by atoms with E-state index in [2.05, 4.69) is 10.6 Å². The molecule has 0 spiro atoms. The van der Waals surface area contributed by atoms with Crippen LogP contribution in [0.3, 0.4) is 0 Å². The van der Waals surface area contributed by atoms with E-state index in [1.165, 1.54) is 0 Å². The average Bonchev–Trinajstić information content (AvgIpc) is 2.44. The van der Waals surface area contributed by atoms with E-state index >= 15 is 0 Å². The van der Waals surface area contributed by atoms with Gasteiger partial charge in [-0.25, -0.2) is 4.79 Å². The van der Waals surface area contributed by atoms with Gasteiger partial charge in [0.25, 0.3) is 0 Å². The van der Waals surface area contributed by atoms with Crippen molar-refractivity contribution in [2.75, 3.05) is 11.1 Å². The zero-order valence-electron chi connectivity index (χ0n) is 12.4. The number of carbonyl (C=O) groups is 1. The number of nitrogens with two attached hydrogens (primary N) is 1. The Morgan fingerprint density at radius 1 is 1.23 bits per heavy atom. The summed E-state index contributed by atoms with van der Waals surface area (Å²) in [5, 5.41) is 5.99. The third-order valence-corrected chi connectivity index (χ3v) is 3.17. The van der Waals surface area contributed by atoms with Gasteiger partial charge in [-0.3, -0.25) is 0 Å². The van der Waals surface area contributed by atoms with Gasteiger partial charge in [0.05, 0.1) is 11.4 Å². The smallest absolute Gasteiger partial charge is 0.322 e. The normalized spacial score (nSPS) is 11.6. The van der Waals surface area contributed by atoms with Crippen molar-refractivity contribution in [2.45, 2.75) is 20.1 Å². The van der Waals surface area contributed by atoms with Gasteiger partial charge in [-0.2, -0.15) is 0 Å². The highest BCUT2D eigenvalue weighted by atomic mass is 35.5. The van der Waals surface area contributed by atoms with Gasteiger partial charge >= 0.3 is 6.03 Å². The van der Waals surface area contributed by atoms with Crippen molar-refractivity contribution >= 4 is 29.0 Å². The largest absolute Gasteiger partial charge is 0.471 e. The lowest BCUT2D eigenvalue weighted by Crippen LogP contribution is -2.39. The van der Waals surface area contributed by atoms with Crippen LogP contribution >= 0.6 is 11.6 Å². The van der Waals surface area contributed by atoms with E-state index in [9.17, 15) is 4.79 Å². The second kappa shape index (κ2) is 7.04. The van der Waals surface area contributed by atoms with Crippen LogP contribution in [0, 0.1) is 6.92 Å². The summed E-state index contributed by atoms with van der Waals surface area (Å²) in [7, 11) is 0. The lowest BCUT2D eigenvalue weighted by molar-refractivity contribution is 0.183. The summed E-state index contributed by atoms with van der Waals surface area (Å²) in [6, 6.07) is 11.9. The van der Waals surface area contributed by atoms with Crippen molar-refractivity contribution in [3.63, 3.8) is 0 Å². The third kappa shape index (κ3) is 4.56. The first-order chi connectivity index (χ1) is 10.4. The van der Waals surface area contributed by atoms with Crippen LogP contribution in [-0.4, -0.2) is 12.3 Å². The molecule has 0 saturated heterocycles. The maximum absolute atomic E-state index is 11.9. The molecule has 0 aromatic heterocycles. The topological polar surface area (TPSA) is 76.4 Å². The van der Waals surface area contributed by atoms with E-state index in [4.69, 9.17) is 22.1 Å². The van der Waals surface area contributed by atoms with Gasteiger partial charge in [-0.1, -0.05) is 17.7 Å².